The molecule has 0 spiro atoms. The van der Waals surface area contributed by atoms with E-state index in [0.717, 1.165) is 27.9 Å². The van der Waals surface area contributed by atoms with Gasteiger partial charge in [-0.25, -0.2) is 0 Å². The molecule has 2 aromatic heterocycles. The van der Waals surface area contributed by atoms with Crippen LogP contribution in [0.15, 0.2) is 24.4 Å². The minimum absolute atomic E-state index is 0.147. The minimum atomic E-state index is -0.147. The summed E-state index contributed by atoms with van der Waals surface area (Å²) in [6, 6.07) is 6.00. The van der Waals surface area contributed by atoms with E-state index in [9.17, 15) is 4.79 Å². The smallest absolute Gasteiger partial charge is 0.214 e. The van der Waals surface area contributed by atoms with Crippen LogP contribution in [0.5, 0.6) is 0 Å². The number of unbranched alkanes of at least 4 members (excludes halogenated alkanes) is 1. The van der Waals surface area contributed by atoms with Crippen LogP contribution in [0.25, 0.3) is 10.9 Å². The second kappa shape index (κ2) is 7.23. The van der Waals surface area contributed by atoms with Crippen molar-refractivity contribution < 1.29 is 4.79 Å². The second-order valence-electron chi connectivity index (χ2n) is 6.14. The first-order valence-electron chi connectivity index (χ1n) is 8.34. The van der Waals surface area contributed by atoms with Crippen LogP contribution in [-0.2, 0) is 7.05 Å². The first-order valence-corrected chi connectivity index (χ1v) is 9.33. The molecule has 7 heteroatoms. The van der Waals surface area contributed by atoms with Crippen molar-refractivity contribution in [1.29, 1.82) is 0 Å². The van der Waals surface area contributed by atoms with E-state index in [2.05, 4.69) is 34.7 Å². The Morgan fingerprint density at radius 2 is 2.20 bits per heavy atom. The summed E-state index contributed by atoms with van der Waals surface area (Å²) in [4.78, 5) is 15.9. The van der Waals surface area contributed by atoms with E-state index in [1.807, 2.05) is 12.1 Å². The number of aromatic amines is 1. The molecular weight excluding hydrogens is 334 g/mol. The largest absolute Gasteiger partial charge is 0.383 e. The molecule has 3 rings (SSSR count). The summed E-state index contributed by atoms with van der Waals surface area (Å²) in [5, 5.41) is 5.04. The van der Waals surface area contributed by atoms with Gasteiger partial charge in [0.15, 0.2) is 0 Å². The Kier molecular flexibility index (Phi) is 5.03. The summed E-state index contributed by atoms with van der Waals surface area (Å²) < 4.78 is 4.90. The number of nitrogens with one attached hydrogen (secondary N) is 2. The highest BCUT2D eigenvalue weighted by Crippen LogP contribution is 2.27. The fourth-order valence-electron chi connectivity index (χ4n) is 2.64. The standard InChI is InChI=1S/C18H23N5OS/c1-4-5-6-25-22-14-9-15-12(7-11(14)2)8-16(21-15)17(24)13-10-20-23(3)18(13)19/h7-10,21-22H,4-6,19H2,1-3H3. The Morgan fingerprint density at radius 1 is 1.40 bits per heavy atom. The Hall–Kier alpha value is -2.41. The molecule has 25 heavy (non-hydrogen) atoms. The lowest BCUT2D eigenvalue weighted by Crippen LogP contribution is -2.06. The molecule has 0 saturated heterocycles. The Labute approximate surface area is 151 Å². The molecule has 0 saturated carbocycles. The number of hydrogen-bond acceptors (Lipinski definition) is 5. The van der Waals surface area contributed by atoms with Crippen LogP contribution in [0.3, 0.4) is 0 Å². The highest BCUT2D eigenvalue weighted by Gasteiger charge is 2.18. The van der Waals surface area contributed by atoms with Gasteiger partial charge in [-0.2, -0.15) is 5.10 Å². The number of carbonyl (C=O) groups is 1. The predicted molar refractivity (Wildman–Crippen MR) is 105 cm³/mol. The number of rotatable bonds is 7. The lowest BCUT2D eigenvalue weighted by molar-refractivity contribution is 0.103. The third-order valence-corrected chi connectivity index (χ3v) is 5.08. The van der Waals surface area contributed by atoms with E-state index in [1.165, 1.54) is 23.7 Å². The van der Waals surface area contributed by atoms with E-state index in [4.69, 9.17) is 5.73 Å². The number of nitrogen functional groups attached to an aromatic ring is 1. The van der Waals surface area contributed by atoms with Crippen molar-refractivity contribution in [2.45, 2.75) is 26.7 Å². The number of fused-ring (bicyclic) bond motifs is 1. The summed E-state index contributed by atoms with van der Waals surface area (Å²) in [5.74, 6) is 1.30. The van der Waals surface area contributed by atoms with Gasteiger partial charge in [-0.1, -0.05) is 25.3 Å². The summed E-state index contributed by atoms with van der Waals surface area (Å²) >= 11 is 1.71. The second-order valence-corrected chi connectivity index (χ2v) is 7.04. The molecule has 132 valence electrons. The highest BCUT2D eigenvalue weighted by atomic mass is 32.2. The lowest BCUT2D eigenvalue weighted by atomic mass is 10.1. The van der Waals surface area contributed by atoms with Gasteiger partial charge in [0.1, 0.15) is 5.82 Å². The maximum absolute atomic E-state index is 12.7. The topological polar surface area (TPSA) is 88.7 Å². The van der Waals surface area contributed by atoms with Crippen molar-refractivity contribution in [1.82, 2.24) is 14.8 Å². The van der Waals surface area contributed by atoms with Crippen molar-refractivity contribution in [3.63, 3.8) is 0 Å². The zero-order chi connectivity index (χ0) is 18.0. The molecular formula is C18H23N5OS. The summed E-state index contributed by atoms with van der Waals surface area (Å²) in [7, 11) is 1.72. The normalized spacial score (nSPS) is 11.2. The van der Waals surface area contributed by atoms with Gasteiger partial charge in [0.2, 0.25) is 5.78 Å². The molecule has 0 radical (unpaired) electrons. The van der Waals surface area contributed by atoms with Gasteiger partial charge >= 0.3 is 0 Å². The van der Waals surface area contributed by atoms with Crippen LogP contribution in [0.2, 0.25) is 0 Å². The maximum Gasteiger partial charge on any atom is 0.214 e. The average molecular weight is 357 g/mol. The number of hydrogen-bond donors (Lipinski definition) is 3. The summed E-state index contributed by atoms with van der Waals surface area (Å²) in [6.45, 7) is 4.25. The summed E-state index contributed by atoms with van der Waals surface area (Å²) in [5.41, 5.74) is 9.99. The van der Waals surface area contributed by atoms with Crippen LogP contribution in [-0.4, -0.2) is 26.3 Å². The van der Waals surface area contributed by atoms with E-state index in [0.29, 0.717) is 17.1 Å². The molecule has 0 bridgehead atoms. The molecule has 4 N–H and O–H groups in total. The molecule has 1 aromatic carbocycles. The van der Waals surface area contributed by atoms with Gasteiger partial charge in [-0.15, -0.1) is 0 Å². The maximum atomic E-state index is 12.7. The molecule has 0 unspecified atom stereocenters. The number of aromatic nitrogens is 3. The predicted octanol–water partition coefficient (Wildman–Crippen LogP) is 3.88. The third-order valence-electron chi connectivity index (χ3n) is 4.22. The lowest BCUT2D eigenvalue weighted by Gasteiger charge is -2.08. The number of nitrogens with two attached hydrogens (primary N) is 1. The van der Waals surface area contributed by atoms with Gasteiger partial charge < -0.3 is 15.4 Å². The number of benzene rings is 1. The summed E-state index contributed by atoms with van der Waals surface area (Å²) in [6.07, 6.45) is 3.88. The number of ketones is 1. The molecule has 6 nitrogen and oxygen atoms in total. The van der Waals surface area contributed by atoms with Crippen molar-refractivity contribution in [2.75, 3.05) is 16.2 Å². The molecule has 0 aliphatic rings. The third kappa shape index (κ3) is 3.51. The first-order chi connectivity index (χ1) is 12.0. The van der Waals surface area contributed by atoms with Crippen LogP contribution < -0.4 is 10.5 Å². The van der Waals surface area contributed by atoms with Crippen molar-refractivity contribution in [3.8, 4) is 0 Å². The fraction of sp³-hybridized carbons (Fsp3) is 0.333. The Morgan fingerprint density at radius 3 is 2.88 bits per heavy atom. The van der Waals surface area contributed by atoms with Gasteiger partial charge in [0.25, 0.3) is 0 Å². The van der Waals surface area contributed by atoms with E-state index < -0.39 is 0 Å². The van der Waals surface area contributed by atoms with E-state index in [-0.39, 0.29) is 5.78 Å². The molecule has 0 aliphatic carbocycles. The fourth-order valence-corrected chi connectivity index (χ4v) is 3.55. The SMILES string of the molecule is CCCCSNc1cc2[nH]c(C(=O)c3cnn(C)c3N)cc2cc1C. The Bertz CT molecular complexity index is 912. The zero-order valence-electron chi connectivity index (χ0n) is 14.7. The Balaban J connectivity index is 1.87. The van der Waals surface area contributed by atoms with Crippen LogP contribution in [0.4, 0.5) is 11.5 Å². The van der Waals surface area contributed by atoms with Crippen LogP contribution in [0.1, 0.15) is 41.4 Å². The number of carbonyl (C=O) groups excluding carboxylic acids is 1. The molecule has 0 atom stereocenters. The monoisotopic (exact) mass is 357 g/mol. The quantitative estimate of drug-likeness (QED) is 0.339. The van der Waals surface area contributed by atoms with E-state index >= 15 is 0 Å². The zero-order valence-corrected chi connectivity index (χ0v) is 15.5. The van der Waals surface area contributed by atoms with Crippen molar-refractivity contribution >= 4 is 40.1 Å². The van der Waals surface area contributed by atoms with Crippen LogP contribution >= 0.6 is 11.9 Å². The number of aryl methyl sites for hydroxylation is 2. The van der Waals surface area contributed by atoms with Crippen molar-refractivity contribution in [2.24, 2.45) is 7.05 Å². The molecule has 2 heterocycles. The number of nitrogens with zero attached hydrogens (tertiary/aromatic N) is 2. The van der Waals surface area contributed by atoms with Gasteiger partial charge in [0.05, 0.1) is 17.5 Å². The number of anilines is 2. The molecule has 3 aromatic rings. The molecule has 0 aliphatic heterocycles. The van der Waals surface area contributed by atoms with Crippen molar-refractivity contribution in [3.05, 3.63) is 41.2 Å². The van der Waals surface area contributed by atoms with E-state index in [1.54, 1.807) is 19.0 Å². The minimum Gasteiger partial charge on any atom is -0.383 e. The van der Waals surface area contributed by atoms with Crippen LogP contribution in [0, 0.1) is 6.92 Å². The highest BCUT2D eigenvalue weighted by molar-refractivity contribution is 8.00. The molecule has 0 amide bonds. The average Bonchev–Trinajstić information content (AvgIpc) is 3.15. The first kappa shape index (κ1) is 17.4. The molecule has 0 fully saturated rings. The number of H-pyrrole nitrogens is 1. The van der Waals surface area contributed by atoms with Gasteiger partial charge in [-0.3, -0.25) is 9.48 Å². The van der Waals surface area contributed by atoms with Gasteiger partial charge in [0, 0.05) is 29.4 Å². The van der Waals surface area contributed by atoms with Gasteiger partial charge in [-0.05, 0) is 37.1 Å².